The summed E-state index contributed by atoms with van der Waals surface area (Å²) in [4.78, 5) is 2.15. The fourth-order valence-corrected chi connectivity index (χ4v) is 1.98. The van der Waals surface area contributed by atoms with E-state index in [1.165, 1.54) is 6.07 Å². The Kier molecular flexibility index (Phi) is 3.09. The molecule has 1 aromatic rings. The molecule has 0 N–H and O–H groups in total. The molecule has 1 nitrogen and oxygen atoms in total. The van der Waals surface area contributed by atoms with Crippen molar-refractivity contribution in [2.75, 3.05) is 0 Å². The van der Waals surface area contributed by atoms with Gasteiger partial charge in [0.1, 0.15) is 5.82 Å². The molecule has 0 radical (unpaired) electrons. The lowest BCUT2D eigenvalue weighted by atomic mass is 10.0. The minimum Gasteiger partial charge on any atom is -0.364 e. The van der Waals surface area contributed by atoms with Crippen LogP contribution < -0.4 is 0 Å². The summed E-state index contributed by atoms with van der Waals surface area (Å²) in [5.74, 6) is -0.141. The van der Waals surface area contributed by atoms with Gasteiger partial charge < -0.3 is 4.90 Å². The number of halogens is 1. The first-order chi connectivity index (χ1) is 7.70. The topological polar surface area (TPSA) is 3.24 Å². The van der Waals surface area contributed by atoms with E-state index < -0.39 is 0 Å². The third kappa shape index (κ3) is 2.01. The van der Waals surface area contributed by atoms with E-state index in [1.54, 1.807) is 6.07 Å². The van der Waals surface area contributed by atoms with Crippen LogP contribution in [0.15, 0.2) is 48.7 Å². The number of hydrogen-bond donors (Lipinski definition) is 0. The van der Waals surface area contributed by atoms with Gasteiger partial charge in [-0.15, -0.1) is 0 Å². The molecule has 0 saturated heterocycles. The summed E-state index contributed by atoms with van der Waals surface area (Å²) in [6.07, 6.45) is 7.99. The Bertz CT molecular complexity index is 420. The van der Waals surface area contributed by atoms with Crippen LogP contribution in [-0.2, 0) is 0 Å². The molecule has 0 amide bonds. The van der Waals surface area contributed by atoms with E-state index in [9.17, 15) is 4.39 Å². The fraction of sp³-hybridized carbons (Fsp3) is 0.286. The van der Waals surface area contributed by atoms with Crippen LogP contribution in [0.1, 0.15) is 25.5 Å². The first-order valence-corrected chi connectivity index (χ1v) is 5.57. The monoisotopic (exact) mass is 217 g/mol. The van der Waals surface area contributed by atoms with Crippen molar-refractivity contribution in [2.45, 2.75) is 25.9 Å². The molecule has 1 aliphatic rings. The Morgan fingerprint density at radius 2 is 1.94 bits per heavy atom. The Hall–Kier alpha value is -1.57. The largest absolute Gasteiger partial charge is 0.364 e. The van der Waals surface area contributed by atoms with Gasteiger partial charge in [0.25, 0.3) is 0 Å². The van der Waals surface area contributed by atoms with Crippen molar-refractivity contribution in [3.63, 3.8) is 0 Å². The molecule has 2 rings (SSSR count). The summed E-state index contributed by atoms with van der Waals surface area (Å²) in [6.45, 7) is 4.22. The van der Waals surface area contributed by atoms with Crippen LogP contribution in [0.3, 0.4) is 0 Å². The Morgan fingerprint density at radius 1 is 1.19 bits per heavy atom. The first-order valence-electron chi connectivity index (χ1n) is 5.57. The van der Waals surface area contributed by atoms with Crippen molar-refractivity contribution in [1.29, 1.82) is 0 Å². The van der Waals surface area contributed by atoms with Crippen LogP contribution in [0.25, 0.3) is 0 Å². The van der Waals surface area contributed by atoms with Gasteiger partial charge in [-0.2, -0.15) is 0 Å². The second-order valence-corrected chi connectivity index (χ2v) is 4.23. The molecule has 0 saturated carbocycles. The average Bonchev–Trinajstić information content (AvgIpc) is 2.29. The van der Waals surface area contributed by atoms with Gasteiger partial charge in [0.15, 0.2) is 0 Å². The highest BCUT2D eigenvalue weighted by atomic mass is 19.1. The smallest absolute Gasteiger partial charge is 0.128 e. The molecule has 1 aromatic carbocycles. The van der Waals surface area contributed by atoms with Gasteiger partial charge in [-0.3, -0.25) is 0 Å². The lowest BCUT2D eigenvalue weighted by Gasteiger charge is -2.34. The van der Waals surface area contributed by atoms with E-state index >= 15 is 0 Å². The lowest BCUT2D eigenvalue weighted by molar-refractivity contribution is 0.258. The van der Waals surface area contributed by atoms with Gasteiger partial charge in [0.05, 0.1) is 6.04 Å². The summed E-state index contributed by atoms with van der Waals surface area (Å²) in [7, 11) is 0. The van der Waals surface area contributed by atoms with Crippen molar-refractivity contribution >= 4 is 0 Å². The maximum Gasteiger partial charge on any atom is 0.128 e. The van der Waals surface area contributed by atoms with Gasteiger partial charge in [-0.25, -0.2) is 4.39 Å². The van der Waals surface area contributed by atoms with Crippen molar-refractivity contribution in [1.82, 2.24) is 4.90 Å². The molecule has 84 valence electrons. The van der Waals surface area contributed by atoms with Crippen LogP contribution in [0, 0.1) is 5.82 Å². The van der Waals surface area contributed by atoms with Crippen molar-refractivity contribution in [3.8, 4) is 0 Å². The molecular formula is C14H16FN. The third-order valence-electron chi connectivity index (χ3n) is 2.80. The van der Waals surface area contributed by atoms with Gasteiger partial charge in [0.2, 0.25) is 0 Å². The summed E-state index contributed by atoms with van der Waals surface area (Å²) in [5, 5.41) is 0. The highest BCUT2D eigenvalue weighted by Crippen LogP contribution is 2.28. The Balaban J connectivity index is 2.36. The SMILES string of the molecule is CC(C)N1C=CC=CC1c1ccccc1F. The van der Waals surface area contributed by atoms with Crippen molar-refractivity contribution < 1.29 is 4.39 Å². The fourth-order valence-electron chi connectivity index (χ4n) is 1.98. The molecule has 0 bridgehead atoms. The zero-order valence-electron chi connectivity index (χ0n) is 9.60. The number of nitrogens with zero attached hydrogens (tertiary/aromatic N) is 1. The molecule has 0 aliphatic carbocycles. The van der Waals surface area contributed by atoms with Crippen molar-refractivity contribution in [3.05, 3.63) is 60.1 Å². The minimum atomic E-state index is -0.141. The predicted octanol–water partition coefficient (Wildman–Crippen LogP) is 3.66. The summed E-state index contributed by atoms with van der Waals surface area (Å²) in [5.41, 5.74) is 0.733. The van der Waals surface area contributed by atoms with Crippen LogP contribution in [-0.4, -0.2) is 10.9 Å². The number of allylic oxidation sites excluding steroid dienone is 2. The van der Waals surface area contributed by atoms with Crippen LogP contribution >= 0.6 is 0 Å². The summed E-state index contributed by atoms with van der Waals surface area (Å²) in [6, 6.07) is 7.32. The maximum atomic E-state index is 13.7. The zero-order valence-corrected chi connectivity index (χ0v) is 9.60. The quantitative estimate of drug-likeness (QED) is 0.730. The molecule has 2 heteroatoms. The van der Waals surface area contributed by atoms with Crippen molar-refractivity contribution in [2.24, 2.45) is 0 Å². The number of benzene rings is 1. The molecule has 1 aliphatic heterocycles. The van der Waals surface area contributed by atoms with E-state index in [0.29, 0.717) is 6.04 Å². The highest BCUT2D eigenvalue weighted by Gasteiger charge is 2.21. The van der Waals surface area contributed by atoms with E-state index in [0.717, 1.165) is 5.56 Å². The normalized spacial score (nSPS) is 19.5. The first kappa shape index (κ1) is 10.9. The average molecular weight is 217 g/mol. The van der Waals surface area contributed by atoms with Crippen LogP contribution in [0.5, 0.6) is 0 Å². The molecule has 0 fully saturated rings. The number of hydrogen-bond acceptors (Lipinski definition) is 1. The van der Waals surface area contributed by atoms with Crippen LogP contribution in [0.2, 0.25) is 0 Å². The maximum absolute atomic E-state index is 13.7. The second-order valence-electron chi connectivity index (χ2n) is 4.23. The number of rotatable bonds is 2. The van der Waals surface area contributed by atoms with Gasteiger partial charge >= 0.3 is 0 Å². The molecule has 16 heavy (non-hydrogen) atoms. The summed E-state index contributed by atoms with van der Waals surface area (Å²) < 4.78 is 13.7. The molecule has 1 heterocycles. The standard InChI is InChI=1S/C14H16FN/c1-11(2)16-10-6-5-9-14(16)12-7-3-4-8-13(12)15/h3-11,14H,1-2H3. The molecule has 0 aromatic heterocycles. The Morgan fingerprint density at radius 3 is 2.62 bits per heavy atom. The molecule has 1 unspecified atom stereocenters. The van der Waals surface area contributed by atoms with E-state index in [-0.39, 0.29) is 11.9 Å². The predicted molar refractivity (Wildman–Crippen MR) is 64.4 cm³/mol. The highest BCUT2D eigenvalue weighted by molar-refractivity contribution is 5.29. The molecule has 0 spiro atoms. The van der Waals surface area contributed by atoms with E-state index in [4.69, 9.17) is 0 Å². The molecular weight excluding hydrogens is 201 g/mol. The van der Waals surface area contributed by atoms with E-state index in [1.807, 2.05) is 36.6 Å². The van der Waals surface area contributed by atoms with Gasteiger partial charge in [-0.05, 0) is 26.0 Å². The van der Waals surface area contributed by atoms with Crippen LogP contribution in [0.4, 0.5) is 4.39 Å². The van der Waals surface area contributed by atoms with Gasteiger partial charge in [-0.1, -0.05) is 30.4 Å². The second kappa shape index (κ2) is 4.52. The van der Waals surface area contributed by atoms with E-state index in [2.05, 4.69) is 18.7 Å². The molecule has 1 atom stereocenters. The third-order valence-corrected chi connectivity index (χ3v) is 2.80. The van der Waals surface area contributed by atoms with Gasteiger partial charge in [0, 0.05) is 17.8 Å². The minimum absolute atomic E-state index is 0.00574. The lowest BCUT2D eigenvalue weighted by Crippen LogP contribution is -2.30. The zero-order chi connectivity index (χ0) is 11.5. The summed E-state index contributed by atoms with van der Waals surface area (Å²) >= 11 is 0. The Labute approximate surface area is 95.9 Å².